The Morgan fingerprint density at radius 1 is 0.892 bits per heavy atom. The van der Waals surface area contributed by atoms with Crippen LogP contribution in [0.5, 0.6) is 0 Å². The second-order valence-corrected chi connectivity index (χ2v) is 10.7. The summed E-state index contributed by atoms with van der Waals surface area (Å²) in [5.41, 5.74) is 1.80. The predicted octanol–water partition coefficient (Wildman–Crippen LogP) is 3.76. The Labute approximate surface area is 218 Å². The number of hydrogen-bond donors (Lipinski definition) is 1. The molecule has 0 heterocycles. The van der Waals surface area contributed by atoms with Crippen LogP contribution in [0.1, 0.15) is 24.5 Å². The van der Waals surface area contributed by atoms with Crippen LogP contribution in [0.2, 0.25) is 0 Å². The van der Waals surface area contributed by atoms with Crippen molar-refractivity contribution in [3.63, 3.8) is 0 Å². The van der Waals surface area contributed by atoms with Crippen LogP contribution in [-0.2, 0) is 32.6 Å². The average molecular weight is 526 g/mol. The van der Waals surface area contributed by atoms with Gasteiger partial charge in [0.1, 0.15) is 18.4 Å². The summed E-state index contributed by atoms with van der Waals surface area (Å²) >= 11 is 0. The van der Waals surface area contributed by atoms with Gasteiger partial charge >= 0.3 is 0 Å². The lowest BCUT2D eigenvalue weighted by atomic mass is 10.0. The highest BCUT2D eigenvalue weighted by atomic mass is 32.2. The van der Waals surface area contributed by atoms with Crippen molar-refractivity contribution in [3.05, 3.63) is 102 Å². The van der Waals surface area contributed by atoms with E-state index >= 15 is 0 Å². The summed E-state index contributed by atoms with van der Waals surface area (Å²) in [6.07, 6.45) is 1.98. The molecule has 0 unspecified atom stereocenters. The molecule has 3 aromatic rings. The third kappa shape index (κ3) is 8.15. The van der Waals surface area contributed by atoms with Gasteiger partial charge in [0.05, 0.1) is 11.9 Å². The van der Waals surface area contributed by atoms with Gasteiger partial charge in [-0.15, -0.1) is 0 Å². The molecule has 0 bridgehead atoms. The summed E-state index contributed by atoms with van der Waals surface area (Å²) in [7, 11) is -3.81. The Morgan fingerprint density at radius 2 is 1.49 bits per heavy atom. The van der Waals surface area contributed by atoms with E-state index in [2.05, 4.69) is 5.32 Å². The van der Waals surface area contributed by atoms with Crippen LogP contribution < -0.4 is 9.62 Å². The summed E-state index contributed by atoms with van der Waals surface area (Å²) in [6.45, 7) is 1.87. The molecule has 0 spiro atoms. The molecule has 196 valence electrons. The molecule has 1 atom stereocenters. The Morgan fingerprint density at radius 3 is 2.05 bits per heavy atom. The van der Waals surface area contributed by atoms with Crippen LogP contribution in [0.15, 0.2) is 84.9 Å². The fourth-order valence-electron chi connectivity index (χ4n) is 3.91. The monoisotopic (exact) mass is 525 g/mol. The quantitative estimate of drug-likeness (QED) is 0.390. The summed E-state index contributed by atoms with van der Waals surface area (Å²) in [4.78, 5) is 28.6. The fraction of sp³-hybridized carbons (Fsp3) is 0.286. The van der Waals surface area contributed by atoms with E-state index in [-0.39, 0.29) is 18.9 Å². The van der Waals surface area contributed by atoms with Gasteiger partial charge in [-0.25, -0.2) is 12.8 Å². The van der Waals surface area contributed by atoms with Crippen LogP contribution in [0.25, 0.3) is 0 Å². The molecule has 3 aromatic carbocycles. The van der Waals surface area contributed by atoms with Crippen molar-refractivity contribution in [2.75, 3.05) is 23.7 Å². The Bertz CT molecular complexity index is 1270. The Hall–Kier alpha value is -3.72. The van der Waals surface area contributed by atoms with Crippen molar-refractivity contribution in [1.82, 2.24) is 10.2 Å². The van der Waals surface area contributed by atoms with Crippen molar-refractivity contribution in [2.24, 2.45) is 0 Å². The number of carbonyl (C=O) groups excluding carboxylic acids is 2. The summed E-state index contributed by atoms with van der Waals surface area (Å²) in [6, 6.07) is 22.4. The SMILES string of the molecule is CCCNC(=O)[C@H](Cc1ccccc1)N(Cc1ccc(F)cc1)C(=O)CN(c1ccccc1)S(C)(=O)=O. The molecular weight excluding hydrogens is 493 g/mol. The highest BCUT2D eigenvalue weighted by molar-refractivity contribution is 7.92. The molecule has 0 saturated heterocycles. The highest BCUT2D eigenvalue weighted by Crippen LogP contribution is 2.20. The van der Waals surface area contributed by atoms with Gasteiger partial charge in [0.25, 0.3) is 0 Å². The van der Waals surface area contributed by atoms with E-state index in [0.29, 0.717) is 24.2 Å². The van der Waals surface area contributed by atoms with Crippen LogP contribution in [0.3, 0.4) is 0 Å². The number of carbonyl (C=O) groups is 2. The number of amides is 2. The molecule has 2 amide bonds. The standard InChI is InChI=1S/C28H32FN3O4S/c1-3-18-30-28(34)26(19-22-10-6-4-7-11-22)31(20-23-14-16-24(29)17-15-23)27(33)21-32(37(2,35)36)25-12-8-5-9-13-25/h4-17,26H,3,18-21H2,1-2H3,(H,30,34)/t26-/m0/s1. The van der Waals surface area contributed by atoms with Crippen molar-refractivity contribution in [1.29, 1.82) is 0 Å². The van der Waals surface area contributed by atoms with Crippen LogP contribution in [0.4, 0.5) is 10.1 Å². The molecule has 0 aliphatic heterocycles. The van der Waals surface area contributed by atoms with Crippen molar-refractivity contribution >= 4 is 27.5 Å². The van der Waals surface area contributed by atoms with Gasteiger partial charge in [0.2, 0.25) is 21.8 Å². The van der Waals surface area contributed by atoms with Gasteiger partial charge in [0.15, 0.2) is 0 Å². The van der Waals surface area contributed by atoms with Crippen molar-refractivity contribution in [3.8, 4) is 0 Å². The van der Waals surface area contributed by atoms with E-state index in [0.717, 1.165) is 16.1 Å². The van der Waals surface area contributed by atoms with Gasteiger partial charge < -0.3 is 10.2 Å². The smallest absolute Gasteiger partial charge is 0.244 e. The minimum Gasteiger partial charge on any atom is -0.354 e. The Kier molecular flexibility index (Phi) is 9.79. The maximum atomic E-state index is 13.8. The van der Waals surface area contributed by atoms with E-state index in [1.807, 2.05) is 37.3 Å². The number of hydrogen-bond acceptors (Lipinski definition) is 4. The number of benzene rings is 3. The predicted molar refractivity (Wildman–Crippen MR) is 143 cm³/mol. The number of para-hydroxylation sites is 1. The van der Waals surface area contributed by atoms with Crippen LogP contribution in [0, 0.1) is 5.82 Å². The average Bonchev–Trinajstić information content (AvgIpc) is 2.89. The molecule has 0 radical (unpaired) electrons. The zero-order chi connectivity index (χ0) is 26.8. The molecule has 0 aliphatic carbocycles. The van der Waals surface area contributed by atoms with Gasteiger partial charge in [-0.3, -0.25) is 13.9 Å². The minimum absolute atomic E-state index is 0.00253. The lowest BCUT2D eigenvalue weighted by Gasteiger charge is -2.33. The largest absolute Gasteiger partial charge is 0.354 e. The second kappa shape index (κ2) is 13.0. The lowest BCUT2D eigenvalue weighted by Crippen LogP contribution is -2.53. The number of anilines is 1. The fourth-order valence-corrected chi connectivity index (χ4v) is 4.76. The van der Waals surface area contributed by atoms with Crippen LogP contribution in [-0.4, -0.2) is 50.5 Å². The summed E-state index contributed by atoms with van der Waals surface area (Å²) in [5.74, 6) is -1.31. The number of sulfonamides is 1. The second-order valence-electron chi connectivity index (χ2n) is 8.75. The van der Waals surface area contributed by atoms with E-state index < -0.39 is 34.3 Å². The third-order valence-corrected chi connectivity index (χ3v) is 6.95. The first-order chi connectivity index (χ1) is 17.7. The Balaban J connectivity index is 2.01. The van der Waals surface area contributed by atoms with Crippen LogP contribution >= 0.6 is 0 Å². The van der Waals surface area contributed by atoms with E-state index in [9.17, 15) is 22.4 Å². The third-order valence-electron chi connectivity index (χ3n) is 5.81. The first-order valence-corrected chi connectivity index (χ1v) is 13.9. The first-order valence-electron chi connectivity index (χ1n) is 12.1. The molecule has 1 N–H and O–H groups in total. The van der Waals surface area contributed by atoms with Crippen molar-refractivity contribution < 1.29 is 22.4 Å². The summed E-state index contributed by atoms with van der Waals surface area (Å²) < 4.78 is 39.9. The zero-order valence-electron chi connectivity index (χ0n) is 21.0. The normalized spacial score (nSPS) is 12.0. The summed E-state index contributed by atoms with van der Waals surface area (Å²) in [5, 5.41) is 2.87. The first kappa shape index (κ1) is 27.9. The molecule has 37 heavy (non-hydrogen) atoms. The van der Waals surface area contributed by atoms with Gasteiger partial charge in [0, 0.05) is 19.5 Å². The molecule has 0 aliphatic rings. The number of rotatable bonds is 12. The molecule has 9 heteroatoms. The lowest BCUT2D eigenvalue weighted by molar-refractivity contribution is -0.140. The molecular formula is C28H32FN3O4S. The maximum Gasteiger partial charge on any atom is 0.244 e. The van der Waals surface area contributed by atoms with Gasteiger partial charge in [-0.1, -0.05) is 67.6 Å². The van der Waals surface area contributed by atoms with E-state index in [1.54, 1.807) is 42.5 Å². The maximum absolute atomic E-state index is 13.8. The molecule has 0 fully saturated rings. The number of nitrogens with one attached hydrogen (secondary N) is 1. The van der Waals surface area contributed by atoms with Gasteiger partial charge in [-0.05, 0) is 41.8 Å². The van der Waals surface area contributed by atoms with E-state index in [4.69, 9.17) is 0 Å². The molecule has 0 saturated carbocycles. The minimum atomic E-state index is -3.81. The zero-order valence-corrected chi connectivity index (χ0v) is 21.8. The highest BCUT2D eigenvalue weighted by Gasteiger charge is 2.32. The molecule has 0 aromatic heterocycles. The van der Waals surface area contributed by atoms with E-state index in [1.165, 1.54) is 17.0 Å². The molecule has 3 rings (SSSR count). The number of nitrogens with zero attached hydrogens (tertiary/aromatic N) is 2. The van der Waals surface area contributed by atoms with Crippen molar-refractivity contribution in [2.45, 2.75) is 32.4 Å². The van der Waals surface area contributed by atoms with Gasteiger partial charge in [-0.2, -0.15) is 0 Å². The number of halogens is 1. The topological polar surface area (TPSA) is 86.8 Å². The molecule has 7 nitrogen and oxygen atoms in total.